The lowest BCUT2D eigenvalue weighted by atomic mass is 10.1. The Labute approximate surface area is 199 Å². The molecule has 0 atom stereocenters. The number of fused-ring (bicyclic) bond motifs is 1. The van der Waals surface area contributed by atoms with Crippen molar-refractivity contribution < 1.29 is 0 Å². The van der Waals surface area contributed by atoms with Crippen molar-refractivity contribution in [2.75, 3.05) is 0 Å². The maximum atomic E-state index is 13.7. The third kappa shape index (κ3) is 4.10. The Kier molecular flexibility index (Phi) is 7.05. The zero-order chi connectivity index (χ0) is 25.0. The fourth-order valence-corrected chi connectivity index (χ4v) is 4.75. The van der Waals surface area contributed by atoms with Crippen molar-refractivity contribution in [1.82, 2.24) is 18.7 Å². The highest BCUT2D eigenvalue weighted by atomic mass is 32.1. The van der Waals surface area contributed by atoms with Crippen LogP contribution < -0.4 is 11.2 Å². The Balaban J connectivity index is 2.47. The van der Waals surface area contributed by atoms with Gasteiger partial charge in [0.1, 0.15) is 4.70 Å². The van der Waals surface area contributed by atoms with Gasteiger partial charge in [0.2, 0.25) is 0 Å². The summed E-state index contributed by atoms with van der Waals surface area (Å²) < 4.78 is 4.37. The molecule has 3 aromatic heterocycles. The monoisotopic (exact) mass is 471 g/mol. The number of allylic oxidation sites excluding steroid dienone is 4. The number of rotatable bonds is 8. The van der Waals surface area contributed by atoms with Gasteiger partial charge in [0, 0.05) is 24.0 Å². The minimum atomic E-state index is -0.624. The third-order valence-electron chi connectivity index (χ3n) is 5.10. The van der Waals surface area contributed by atoms with Gasteiger partial charge < -0.3 is 4.57 Å². The Hall–Kier alpha value is -4.54. The Morgan fingerprint density at radius 2 is 2.09 bits per heavy atom. The molecule has 0 aliphatic heterocycles. The smallest absolute Gasteiger partial charge is 0.332 e. The van der Waals surface area contributed by atoms with E-state index in [0.717, 1.165) is 15.9 Å². The van der Waals surface area contributed by atoms with Crippen LogP contribution >= 0.6 is 11.3 Å². The summed E-state index contributed by atoms with van der Waals surface area (Å²) in [6.07, 6.45) is 6.11. The first-order chi connectivity index (χ1) is 16.3. The lowest BCUT2D eigenvalue weighted by Gasteiger charge is -2.14. The molecule has 10 heteroatoms. The van der Waals surface area contributed by atoms with E-state index in [0.29, 0.717) is 27.4 Å². The van der Waals surface area contributed by atoms with E-state index in [1.807, 2.05) is 12.1 Å². The second-order valence-corrected chi connectivity index (χ2v) is 8.25. The molecule has 0 bridgehead atoms. The summed E-state index contributed by atoms with van der Waals surface area (Å²) in [5, 5.41) is 18.5. The maximum absolute atomic E-state index is 13.7. The maximum Gasteiger partial charge on any atom is 0.336 e. The van der Waals surface area contributed by atoms with E-state index in [1.165, 1.54) is 16.8 Å². The second-order valence-electron chi connectivity index (χ2n) is 7.20. The van der Waals surface area contributed by atoms with Gasteiger partial charge in [0.25, 0.3) is 5.56 Å². The van der Waals surface area contributed by atoms with Crippen LogP contribution in [0.1, 0.15) is 22.7 Å². The Morgan fingerprint density at radius 3 is 2.65 bits per heavy atom. The van der Waals surface area contributed by atoms with E-state index in [-0.39, 0.29) is 28.9 Å². The predicted octanol–water partition coefficient (Wildman–Crippen LogP) is 3.38. The highest BCUT2D eigenvalue weighted by Crippen LogP contribution is 2.32. The van der Waals surface area contributed by atoms with Gasteiger partial charge in [-0.2, -0.15) is 10.5 Å². The number of nitriles is 2. The molecule has 9 nitrogen and oxygen atoms in total. The minimum Gasteiger partial charge on any atom is -0.332 e. The summed E-state index contributed by atoms with van der Waals surface area (Å²) in [6.45, 7) is 12.8. The molecule has 0 aromatic carbocycles. The van der Waals surface area contributed by atoms with Crippen LogP contribution in [-0.4, -0.2) is 25.4 Å². The number of nitrogens with zero attached hydrogens (tertiary/aromatic N) is 7. The fraction of sp³-hybridized carbons (Fsp3) is 0.167. The standard InChI is InChI=1S/C24H21N7O2S/c1-6-8-17(15(2)12-26)20-11-18-22(34-20)23(32)31(24(33)30(18)10-7-9-25)19(13-27-4)21-16(3)28-14-29(21)5/h6,8,11,13-14H,1-2,4,7,10H2,3,5H3/b17-8+,19-13+. The van der Waals surface area contributed by atoms with E-state index < -0.39 is 11.2 Å². The lowest BCUT2D eigenvalue weighted by molar-refractivity contribution is 0.665. The van der Waals surface area contributed by atoms with Gasteiger partial charge in [-0.15, -0.1) is 11.3 Å². The first kappa shape index (κ1) is 24.1. The summed E-state index contributed by atoms with van der Waals surface area (Å²) in [5.74, 6) is 0. The highest BCUT2D eigenvalue weighted by molar-refractivity contribution is 7.20. The van der Waals surface area contributed by atoms with E-state index in [4.69, 9.17) is 5.26 Å². The van der Waals surface area contributed by atoms with Crippen molar-refractivity contribution >= 4 is 39.5 Å². The van der Waals surface area contributed by atoms with Crippen molar-refractivity contribution in [3.63, 3.8) is 0 Å². The van der Waals surface area contributed by atoms with Crippen molar-refractivity contribution in [2.45, 2.75) is 19.9 Å². The number of aryl methyl sites for hydroxylation is 3. The molecule has 0 radical (unpaired) electrons. The van der Waals surface area contributed by atoms with Crippen molar-refractivity contribution in [3.8, 4) is 12.1 Å². The molecule has 0 amide bonds. The second kappa shape index (κ2) is 9.94. The molecular formula is C24H21N7O2S. The molecule has 3 aromatic rings. The summed E-state index contributed by atoms with van der Waals surface area (Å²) >= 11 is 1.13. The van der Waals surface area contributed by atoms with Crippen LogP contribution in [0, 0.1) is 29.6 Å². The SMILES string of the molecule is C=C/C=C(\C(=C)C#N)c1cc2c(s1)c(=O)n(/C(=C/N=C)c1c(C)ncn1C)c(=O)n2CCC#N. The summed E-state index contributed by atoms with van der Waals surface area (Å²) in [5.41, 5.74) is 1.22. The van der Waals surface area contributed by atoms with Crippen molar-refractivity contribution in [2.24, 2.45) is 12.0 Å². The average molecular weight is 472 g/mol. The lowest BCUT2D eigenvalue weighted by Crippen LogP contribution is -2.39. The zero-order valence-electron chi connectivity index (χ0n) is 18.8. The molecule has 0 saturated heterocycles. The van der Waals surface area contributed by atoms with Gasteiger partial charge >= 0.3 is 5.69 Å². The Morgan fingerprint density at radius 1 is 1.35 bits per heavy atom. The topological polar surface area (TPSA) is 122 Å². The van der Waals surface area contributed by atoms with E-state index >= 15 is 0 Å². The highest BCUT2D eigenvalue weighted by Gasteiger charge is 2.23. The van der Waals surface area contributed by atoms with E-state index in [1.54, 1.807) is 37.0 Å². The molecule has 0 spiro atoms. The van der Waals surface area contributed by atoms with Gasteiger partial charge in [-0.05, 0) is 19.7 Å². The van der Waals surface area contributed by atoms with Crippen LogP contribution in [0.3, 0.4) is 0 Å². The van der Waals surface area contributed by atoms with Gasteiger partial charge in [-0.1, -0.05) is 25.3 Å². The average Bonchev–Trinajstić information content (AvgIpc) is 3.40. The van der Waals surface area contributed by atoms with Crippen LogP contribution in [0.4, 0.5) is 0 Å². The number of imidazole rings is 1. The summed E-state index contributed by atoms with van der Waals surface area (Å²) in [6, 6.07) is 5.70. The first-order valence-electron chi connectivity index (χ1n) is 10.0. The zero-order valence-corrected chi connectivity index (χ0v) is 19.6. The molecule has 170 valence electrons. The number of hydrogen-bond donors (Lipinski definition) is 0. The predicted molar refractivity (Wildman–Crippen MR) is 134 cm³/mol. The molecule has 0 unspecified atom stereocenters. The van der Waals surface area contributed by atoms with Gasteiger partial charge in [0.15, 0.2) is 0 Å². The van der Waals surface area contributed by atoms with Crippen LogP contribution in [0.2, 0.25) is 0 Å². The molecule has 0 fully saturated rings. The molecule has 0 aliphatic rings. The summed E-state index contributed by atoms with van der Waals surface area (Å²) in [4.78, 5) is 36.0. The molecule has 3 heterocycles. The largest absolute Gasteiger partial charge is 0.336 e. The minimum absolute atomic E-state index is 0.0577. The van der Waals surface area contributed by atoms with Crippen LogP contribution in [-0.2, 0) is 13.6 Å². The number of thiophene rings is 1. The number of aromatic nitrogens is 4. The van der Waals surface area contributed by atoms with Crippen molar-refractivity contribution in [1.29, 1.82) is 10.5 Å². The molecular weight excluding hydrogens is 450 g/mol. The van der Waals surface area contributed by atoms with E-state index in [9.17, 15) is 14.9 Å². The van der Waals surface area contributed by atoms with E-state index in [2.05, 4.69) is 29.9 Å². The van der Waals surface area contributed by atoms with Gasteiger partial charge in [-0.25, -0.2) is 14.3 Å². The summed E-state index contributed by atoms with van der Waals surface area (Å²) in [7, 11) is 1.74. The first-order valence-corrected chi connectivity index (χ1v) is 10.9. The number of hydrogen-bond acceptors (Lipinski definition) is 7. The van der Waals surface area contributed by atoms with Crippen molar-refractivity contribution in [3.05, 3.63) is 86.6 Å². The normalized spacial score (nSPS) is 11.8. The Bertz CT molecular complexity index is 1570. The molecule has 0 aliphatic carbocycles. The van der Waals surface area contributed by atoms with Crippen LogP contribution in [0.5, 0.6) is 0 Å². The van der Waals surface area contributed by atoms with Gasteiger partial charge in [0.05, 0.1) is 59.3 Å². The molecule has 0 saturated carbocycles. The van der Waals surface area contributed by atoms with Gasteiger partial charge in [-0.3, -0.25) is 14.4 Å². The quantitative estimate of drug-likeness (QED) is 0.283. The van der Waals surface area contributed by atoms with Crippen LogP contribution in [0.15, 0.2) is 64.1 Å². The fourth-order valence-electron chi connectivity index (χ4n) is 3.60. The molecule has 0 N–H and O–H groups in total. The molecule has 3 rings (SSSR count). The van der Waals surface area contributed by atoms with Crippen LogP contribution in [0.25, 0.3) is 21.5 Å². The molecule has 34 heavy (non-hydrogen) atoms. The number of aliphatic imine (C=N–C) groups is 1. The third-order valence-corrected chi connectivity index (χ3v) is 6.24.